The molecule has 0 aliphatic heterocycles. The van der Waals surface area contributed by atoms with E-state index in [1.807, 2.05) is 0 Å². The molecule has 0 spiro atoms. The minimum Gasteiger partial charge on any atom is -1.00 e. The molecule has 0 aliphatic carbocycles. The Morgan fingerprint density at radius 3 is 0.304 bits per heavy atom. The predicted octanol–water partition coefficient (Wildman–Crippen LogP) is 18.3. The van der Waals surface area contributed by atoms with Crippen LogP contribution in [0.25, 0.3) is 0 Å². The zero-order valence-electron chi connectivity index (χ0n) is 82.9. The van der Waals surface area contributed by atoms with Gasteiger partial charge in [0.05, 0.1) is 39.6 Å². The quantitative estimate of drug-likeness (QED) is 0.0280. The van der Waals surface area contributed by atoms with Gasteiger partial charge in [-0.2, -0.15) is 0 Å². The molecule has 0 heterocycles. The number of halogens is 4. The standard InChI is InChI=1S/6C18H31OP.4ClH.Co/c6*1-4-7-10-15-13-17(20)14-16(11-8-5-2)18(15)19-12-9-6-3;;;;;/h6*13-14H,4-12,20H2,1-3H3;4*1H;/q;;;;;;;;;;+3/p-4. The Labute approximate surface area is 822 Å². The molecule has 0 fully saturated rings. The van der Waals surface area contributed by atoms with Crippen LogP contribution in [0.4, 0.5) is 0 Å². The second-order valence-corrected chi connectivity index (χ2v) is 37.5. The Kier molecular flexibility index (Phi) is 93.8. The Balaban J connectivity index is -0.000000457. The predicted molar refractivity (Wildman–Crippen MR) is 560 cm³/mol. The number of hydrogen-bond donors (Lipinski definition) is 0. The van der Waals surface area contributed by atoms with Crippen molar-refractivity contribution in [2.75, 3.05) is 39.6 Å². The molecule has 0 bridgehead atoms. The molecule has 0 aliphatic rings. The van der Waals surface area contributed by atoms with Gasteiger partial charge in [0.25, 0.3) is 0 Å². The van der Waals surface area contributed by atoms with Gasteiger partial charge in [-0.3, -0.25) is 0 Å². The van der Waals surface area contributed by atoms with Crippen LogP contribution in [0.2, 0.25) is 0 Å². The van der Waals surface area contributed by atoms with E-state index in [2.05, 4.69) is 253 Å². The summed E-state index contributed by atoms with van der Waals surface area (Å²) in [7, 11) is 17.1. The molecule has 125 heavy (non-hydrogen) atoms. The van der Waals surface area contributed by atoms with Gasteiger partial charge in [0.1, 0.15) is 34.5 Å². The molecular formula is C108H186Cl4CoO6P6-. The number of ether oxygens (including phenoxy) is 6. The van der Waals surface area contributed by atoms with Crippen LogP contribution in [0.3, 0.4) is 0 Å². The molecule has 6 aromatic rings. The van der Waals surface area contributed by atoms with Crippen LogP contribution in [-0.2, 0) is 93.8 Å². The van der Waals surface area contributed by atoms with Crippen molar-refractivity contribution in [3.05, 3.63) is 140 Å². The average Bonchev–Trinajstić information content (AvgIpc) is 0.870. The summed E-state index contributed by atoms with van der Waals surface area (Å²) >= 11 is 0. The fourth-order valence-electron chi connectivity index (χ4n) is 14.3. The molecular weight excluding hydrogens is 1780 g/mol. The third-order valence-electron chi connectivity index (χ3n) is 21.7. The third kappa shape index (κ3) is 59.7. The molecule has 0 radical (unpaired) electrons. The van der Waals surface area contributed by atoms with Gasteiger partial charge in [0, 0.05) is 0 Å². The van der Waals surface area contributed by atoms with Gasteiger partial charge in [0.15, 0.2) is 0 Å². The van der Waals surface area contributed by atoms with E-state index in [-0.39, 0.29) is 66.4 Å². The minimum absolute atomic E-state index is 0. The number of unbranched alkanes of at least 4 members (excludes halogenated alkanes) is 18. The van der Waals surface area contributed by atoms with E-state index in [0.717, 1.165) is 155 Å². The van der Waals surface area contributed by atoms with Crippen molar-refractivity contribution in [3.8, 4) is 34.5 Å². The topological polar surface area (TPSA) is 55.4 Å². The van der Waals surface area contributed by atoms with Crippen LogP contribution in [0.1, 0.15) is 423 Å². The Hall–Kier alpha value is -1.63. The number of benzene rings is 6. The van der Waals surface area contributed by atoms with Crippen molar-refractivity contribution >= 4 is 87.3 Å². The van der Waals surface area contributed by atoms with Gasteiger partial charge in [-0.05, 0) is 364 Å². The van der Waals surface area contributed by atoms with Crippen molar-refractivity contribution in [2.24, 2.45) is 0 Å². The van der Waals surface area contributed by atoms with Crippen LogP contribution in [0, 0.1) is 0 Å². The van der Waals surface area contributed by atoms with Gasteiger partial charge in [0.2, 0.25) is 0 Å². The zero-order valence-corrected chi connectivity index (χ0v) is 93.9. The first kappa shape index (κ1) is 132. The first-order chi connectivity index (χ1) is 58.3. The van der Waals surface area contributed by atoms with Crippen LogP contribution in [0.15, 0.2) is 72.8 Å². The number of aryl methyl sites for hydroxylation is 12. The summed E-state index contributed by atoms with van der Waals surface area (Å²) in [5, 5.41) is 7.78. The largest absolute Gasteiger partial charge is 3.00 e. The third-order valence-corrected chi connectivity index (χ3v) is 23.7. The maximum Gasteiger partial charge on any atom is 3.00 e. The maximum absolute atomic E-state index is 6.15. The molecule has 0 saturated heterocycles. The summed E-state index contributed by atoms with van der Waals surface area (Å²) in [6.45, 7) is 45.4. The summed E-state index contributed by atoms with van der Waals surface area (Å²) in [6.07, 6.45) is 57.4. The van der Waals surface area contributed by atoms with Gasteiger partial charge < -0.3 is 78.0 Å². The van der Waals surface area contributed by atoms with Crippen molar-refractivity contribution < 1.29 is 94.8 Å². The van der Waals surface area contributed by atoms with Crippen LogP contribution >= 0.6 is 55.4 Å². The normalized spacial score (nSPS) is 10.4. The van der Waals surface area contributed by atoms with Crippen molar-refractivity contribution in [2.45, 2.75) is 433 Å². The van der Waals surface area contributed by atoms with Crippen molar-refractivity contribution in [1.29, 1.82) is 0 Å². The second kappa shape index (κ2) is 88.9. The molecule has 6 nitrogen and oxygen atoms in total. The monoisotopic (exact) mass is 1960 g/mol. The van der Waals surface area contributed by atoms with E-state index in [4.69, 9.17) is 28.4 Å². The molecule has 6 unspecified atom stereocenters. The average molecular weight is 1970 g/mol. The second-order valence-electron chi connectivity index (χ2n) is 33.5. The van der Waals surface area contributed by atoms with Gasteiger partial charge in [-0.1, -0.05) is 240 Å². The molecule has 722 valence electrons. The molecule has 0 amide bonds. The molecule has 6 aromatic carbocycles. The van der Waals surface area contributed by atoms with Gasteiger partial charge >= 0.3 is 16.8 Å². The SMILES string of the molecule is CCCCOc1c(CCCC)cc(P)cc1CCCC.CCCCOc1c(CCCC)cc(P)cc1CCCC.CCCCOc1c(CCCC)cc(P)cc1CCCC.CCCCOc1c(CCCC)cc(P)cc1CCCC.CCCCOc1c(CCCC)cc(P)cc1CCCC.CCCCOc1c(CCCC)cc(P)cc1CCCC.[Cl-].[Cl-].[Cl-].[Cl-].[Co+3]. The van der Waals surface area contributed by atoms with E-state index in [1.165, 1.54) is 326 Å². The van der Waals surface area contributed by atoms with E-state index >= 15 is 0 Å². The molecule has 17 heteroatoms. The van der Waals surface area contributed by atoms with Gasteiger partial charge in [-0.15, -0.1) is 55.4 Å². The Bertz CT molecular complexity index is 2770. The van der Waals surface area contributed by atoms with E-state index in [1.54, 1.807) is 0 Å². The molecule has 0 saturated carbocycles. The Morgan fingerprint density at radius 1 is 0.152 bits per heavy atom. The summed E-state index contributed by atoms with van der Waals surface area (Å²) in [4.78, 5) is 0. The van der Waals surface area contributed by atoms with E-state index in [0.29, 0.717) is 0 Å². The minimum atomic E-state index is 0. The maximum atomic E-state index is 6.15. The smallest absolute Gasteiger partial charge is 1.00 e. The first-order valence-electron chi connectivity index (χ1n) is 49.6. The van der Waals surface area contributed by atoms with Crippen LogP contribution < -0.4 is 110 Å². The van der Waals surface area contributed by atoms with E-state index < -0.39 is 0 Å². The molecule has 6 rings (SSSR count). The van der Waals surface area contributed by atoms with E-state index in [9.17, 15) is 0 Å². The molecule has 0 aromatic heterocycles. The summed E-state index contributed by atoms with van der Waals surface area (Å²) in [5.74, 6) is 7.12. The first-order valence-corrected chi connectivity index (χ1v) is 53.1. The Morgan fingerprint density at radius 2 is 0.232 bits per heavy atom. The van der Waals surface area contributed by atoms with Crippen molar-refractivity contribution in [3.63, 3.8) is 0 Å². The summed E-state index contributed by atoms with van der Waals surface area (Å²) in [6, 6.07) is 27.5. The van der Waals surface area contributed by atoms with Crippen LogP contribution in [-0.4, -0.2) is 39.6 Å². The number of rotatable bonds is 60. The molecule has 0 N–H and O–H groups in total. The fourth-order valence-corrected chi connectivity index (χ4v) is 16.8. The van der Waals surface area contributed by atoms with Crippen LogP contribution in [0.5, 0.6) is 34.5 Å². The zero-order chi connectivity index (χ0) is 88.8. The summed E-state index contributed by atoms with van der Waals surface area (Å²) in [5.41, 5.74) is 16.9. The van der Waals surface area contributed by atoms with Crippen molar-refractivity contribution in [1.82, 2.24) is 0 Å². The number of hydrogen-bond acceptors (Lipinski definition) is 6. The van der Waals surface area contributed by atoms with Gasteiger partial charge in [-0.25, -0.2) is 0 Å². The fraction of sp³-hybridized carbons (Fsp3) is 0.667. The summed E-state index contributed by atoms with van der Waals surface area (Å²) < 4.78 is 36.9. The molecule has 6 atom stereocenters.